The van der Waals surface area contributed by atoms with Crippen LogP contribution in [0.2, 0.25) is 0 Å². The monoisotopic (exact) mass is 459 g/mol. The average Bonchev–Trinajstić information content (AvgIpc) is 3.17. The third kappa shape index (κ3) is 5.01. The van der Waals surface area contributed by atoms with Crippen LogP contribution in [0.4, 0.5) is 0 Å². The number of benzene rings is 1. The topological polar surface area (TPSA) is 93.5 Å². The van der Waals surface area contributed by atoms with Gasteiger partial charge >= 0.3 is 0 Å². The van der Waals surface area contributed by atoms with Crippen LogP contribution >= 0.6 is 23.1 Å². The van der Waals surface area contributed by atoms with Crippen molar-refractivity contribution in [3.8, 4) is 5.69 Å². The van der Waals surface area contributed by atoms with Crippen LogP contribution in [-0.4, -0.2) is 52.7 Å². The van der Waals surface area contributed by atoms with Crippen LogP contribution in [-0.2, 0) is 22.4 Å². The number of aliphatic hydroxyl groups is 1. The first-order valence-electron chi connectivity index (χ1n) is 10.4. The highest BCUT2D eigenvalue weighted by atomic mass is 32.2. The summed E-state index contributed by atoms with van der Waals surface area (Å²) in [5.74, 6) is -0.00685. The third-order valence-corrected chi connectivity index (χ3v) is 7.23. The lowest BCUT2D eigenvalue weighted by atomic mass is 9.97. The molecule has 164 valence electrons. The molecule has 1 aliphatic rings. The molecule has 1 aliphatic carbocycles. The second-order valence-electron chi connectivity index (χ2n) is 7.24. The molecule has 0 aliphatic heterocycles. The third-order valence-electron chi connectivity index (χ3n) is 5.11. The SMILES string of the molecule is O=C(CSc1nc2sc3c(c2c(=O)n1-c1ccccc1)CCCC3)NCCOCCO. The van der Waals surface area contributed by atoms with Crippen molar-refractivity contribution in [1.82, 2.24) is 14.9 Å². The zero-order chi connectivity index (χ0) is 21.6. The zero-order valence-corrected chi connectivity index (χ0v) is 18.8. The molecular formula is C22H25N3O4S2. The van der Waals surface area contributed by atoms with E-state index in [1.807, 2.05) is 30.3 Å². The number of amides is 1. The van der Waals surface area contributed by atoms with Crippen LogP contribution in [0.5, 0.6) is 0 Å². The Kier molecular flexibility index (Phi) is 7.39. The van der Waals surface area contributed by atoms with E-state index in [1.54, 1.807) is 15.9 Å². The molecule has 0 saturated carbocycles. The van der Waals surface area contributed by atoms with E-state index < -0.39 is 0 Å². The summed E-state index contributed by atoms with van der Waals surface area (Å²) in [6.45, 7) is 0.926. The molecule has 0 bridgehead atoms. The number of hydrogen-bond donors (Lipinski definition) is 2. The van der Waals surface area contributed by atoms with Gasteiger partial charge in [0.25, 0.3) is 5.56 Å². The zero-order valence-electron chi connectivity index (χ0n) is 17.1. The summed E-state index contributed by atoms with van der Waals surface area (Å²) in [6, 6.07) is 9.46. The van der Waals surface area contributed by atoms with Crippen LogP contribution in [0.15, 0.2) is 40.3 Å². The number of carbonyl (C=O) groups excluding carboxylic acids is 1. The Morgan fingerprint density at radius 2 is 2.03 bits per heavy atom. The lowest BCUT2D eigenvalue weighted by Gasteiger charge is -2.13. The van der Waals surface area contributed by atoms with Crippen molar-refractivity contribution in [1.29, 1.82) is 0 Å². The van der Waals surface area contributed by atoms with Crippen LogP contribution in [0.1, 0.15) is 23.3 Å². The second-order valence-corrected chi connectivity index (χ2v) is 9.26. The maximum absolute atomic E-state index is 13.6. The van der Waals surface area contributed by atoms with E-state index >= 15 is 0 Å². The van der Waals surface area contributed by atoms with E-state index in [1.165, 1.54) is 16.6 Å². The van der Waals surface area contributed by atoms with E-state index in [-0.39, 0.29) is 30.4 Å². The largest absolute Gasteiger partial charge is 0.394 e. The molecule has 0 radical (unpaired) electrons. The van der Waals surface area contributed by atoms with Gasteiger partial charge in [-0.25, -0.2) is 4.98 Å². The summed E-state index contributed by atoms with van der Waals surface area (Å²) in [5, 5.41) is 12.7. The summed E-state index contributed by atoms with van der Waals surface area (Å²) in [5.41, 5.74) is 1.85. The van der Waals surface area contributed by atoms with Crippen molar-refractivity contribution in [2.75, 3.05) is 32.1 Å². The molecule has 0 fully saturated rings. The lowest BCUT2D eigenvalue weighted by Crippen LogP contribution is -2.29. The van der Waals surface area contributed by atoms with Crippen molar-refractivity contribution >= 4 is 39.2 Å². The van der Waals surface area contributed by atoms with E-state index in [4.69, 9.17) is 14.8 Å². The molecule has 9 heteroatoms. The molecule has 0 unspecified atom stereocenters. The first-order valence-corrected chi connectivity index (χ1v) is 12.2. The maximum atomic E-state index is 13.6. The predicted molar refractivity (Wildman–Crippen MR) is 123 cm³/mol. The van der Waals surface area contributed by atoms with E-state index in [0.29, 0.717) is 18.3 Å². The molecule has 2 aromatic heterocycles. The Morgan fingerprint density at radius 3 is 2.84 bits per heavy atom. The van der Waals surface area contributed by atoms with Gasteiger partial charge in [0, 0.05) is 11.4 Å². The molecule has 0 atom stereocenters. The Labute approximate surface area is 188 Å². The van der Waals surface area contributed by atoms with Crippen LogP contribution in [0.25, 0.3) is 15.9 Å². The molecule has 1 aromatic carbocycles. The van der Waals surface area contributed by atoms with E-state index in [9.17, 15) is 9.59 Å². The molecule has 2 heterocycles. The maximum Gasteiger partial charge on any atom is 0.267 e. The Bertz CT molecular complexity index is 1110. The predicted octanol–water partition coefficient (Wildman–Crippen LogP) is 2.54. The van der Waals surface area contributed by atoms with Gasteiger partial charge in [-0.3, -0.25) is 14.2 Å². The summed E-state index contributed by atoms with van der Waals surface area (Å²) in [7, 11) is 0. The quantitative estimate of drug-likeness (QED) is 0.290. The first-order chi connectivity index (χ1) is 15.2. The van der Waals surface area contributed by atoms with Crippen molar-refractivity contribution in [2.24, 2.45) is 0 Å². The highest BCUT2D eigenvalue weighted by Gasteiger charge is 2.23. The molecule has 31 heavy (non-hydrogen) atoms. The van der Waals surface area contributed by atoms with Crippen molar-refractivity contribution in [3.63, 3.8) is 0 Å². The van der Waals surface area contributed by atoms with Crippen molar-refractivity contribution in [3.05, 3.63) is 51.1 Å². The van der Waals surface area contributed by atoms with Gasteiger partial charge in [0.1, 0.15) is 4.83 Å². The number of rotatable bonds is 9. The molecule has 3 aromatic rings. The Morgan fingerprint density at radius 1 is 1.23 bits per heavy atom. The fourth-order valence-electron chi connectivity index (χ4n) is 3.70. The minimum atomic E-state index is -0.156. The standard InChI is InChI=1S/C22H25N3O4S2/c26-11-13-29-12-10-23-18(27)14-30-22-24-20-19(16-8-4-5-9-17(16)31-20)21(28)25(22)15-6-2-1-3-7-15/h1-3,6-7,26H,4-5,8-14H2,(H,23,27). The fraction of sp³-hybridized carbons (Fsp3) is 0.409. The number of thiophene rings is 1. The summed E-state index contributed by atoms with van der Waals surface area (Å²) < 4.78 is 6.78. The number of hydrogen-bond acceptors (Lipinski definition) is 7. The number of ether oxygens (including phenoxy) is 1. The lowest BCUT2D eigenvalue weighted by molar-refractivity contribution is -0.118. The second kappa shape index (κ2) is 10.4. The molecular weight excluding hydrogens is 434 g/mol. The van der Waals surface area contributed by atoms with Gasteiger partial charge in [-0.05, 0) is 43.4 Å². The van der Waals surface area contributed by atoms with Crippen molar-refractivity contribution < 1.29 is 14.6 Å². The number of aromatic nitrogens is 2. The number of thioether (sulfide) groups is 1. The highest BCUT2D eigenvalue weighted by Crippen LogP contribution is 2.35. The Balaban J connectivity index is 1.61. The minimum Gasteiger partial charge on any atom is -0.394 e. The van der Waals surface area contributed by atoms with Gasteiger partial charge < -0.3 is 15.2 Å². The van der Waals surface area contributed by atoms with Gasteiger partial charge in [-0.2, -0.15) is 0 Å². The highest BCUT2D eigenvalue weighted by molar-refractivity contribution is 7.99. The van der Waals surface area contributed by atoms with Gasteiger partial charge in [-0.1, -0.05) is 30.0 Å². The number of aliphatic hydroxyl groups excluding tert-OH is 1. The van der Waals surface area contributed by atoms with E-state index in [2.05, 4.69) is 5.32 Å². The summed E-state index contributed by atoms with van der Waals surface area (Å²) in [4.78, 5) is 32.7. The summed E-state index contributed by atoms with van der Waals surface area (Å²) in [6.07, 6.45) is 4.18. The molecule has 7 nitrogen and oxygen atoms in total. The minimum absolute atomic E-state index is 0.0406. The number of carbonyl (C=O) groups is 1. The van der Waals surface area contributed by atoms with Crippen molar-refractivity contribution in [2.45, 2.75) is 30.8 Å². The van der Waals surface area contributed by atoms with Crippen LogP contribution < -0.4 is 10.9 Å². The number of aryl methyl sites for hydroxylation is 2. The average molecular weight is 460 g/mol. The molecule has 0 saturated heterocycles. The van der Waals surface area contributed by atoms with E-state index in [0.717, 1.165) is 47.2 Å². The number of fused-ring (bicyclic) bond motifs is 3. The van der Waals surface area contributed by atoms with Crippen LogP contribution in [0.3, 0.4) is 0 Å². The smallest absolute Gasteiger partial charge is 0.267 e. The Hall–Kier alpha value is -2.20. The number of para-hydroxylation sites is 1. The van der Waals surface area contributed by atoms with Gasteiger partial charge in [-0.15, -0.1) is 11.3 Å². The van der Waals surface area contributed by atoms with Crippen LogP contribution in [0, 0.1) is 0 Å². The molecule has 0 spiro atoms. The summed E-state index contributed by atoms with van der Waals surface area (Å²) >= 11 is 2.87. The normalized spacial score (nSPS) is 13.3. The first kappa shape index (κ1) is 22.0. The molecule has 2 N–H and O–H groups in total. The van der Waals surface area contributed by atoms with Gasteiger partial charge in [0.2, 0.25) is 5.91 Å². The van der Waals surface area contributed by atoms with Gasteiger partial charge in [0.05, 0.1) is 36.6 Å². The fourth-order valence-corrected chi connectivity index (χ4v) is 5.84. The van der Waals surface area contributed by atoms with Gasteiger partial charge in [0.15, 0.2) is 5.16 Å². The molecule has 1 amide bonds. The number of nitrogens with zero attached hydrogens (tertiary/aromatic N) is 2. The molecule has 4 rings (SSSR count). The number of nitrogens with one attached hydrogen (secondary N) is 1.